The van der Waals surface area contributed by atoms with Crippen LogP contribution in [0.25, 0.3) is 11.3 Å². The fourth-order valence-corrected chi connectivity index (χ4v) is 4.51. The van der Waals surface area contributed by atoms with Gasteiger partial charge in [0, 0.05) is 31.4 Å². The van der Waals surface area contributed by atoms with Crippen molar-refractivity contribution in [2.45, 2.75) is 19.4 Å². The van der Waals surface area contributed by atoms with E-state index in [1.165, 1.54) is 0 Å². The smallest absolute Gasteiger partial charge is 0.271 e. The molecule has 1 spiro atoms. The van der Waals surface area contributed by atoms with E-state index in [2.05, 4.69) is 15.2 Å². The Bertz CT molecular complexity index is 1070. The Kier molecular flexibility index (Phi) is 4.58. The van der Waals surface area contributed by atoms with Crippen LogP contribution in [0.4, 0.5) is 0 Å². The summed E-state index contributed by atoms with van der Waals surface area (Å²) in [5.41, 5.74) is 2.58. The van der Waals surface area contributed by atoms with Gasteiger partial charge in [0.15, 0.2) is 0 Å². The van der Waals surface area contributed by atoms with Gasteiger partial charge in [0.1, 0.15) is 5.69 Å². The minimum absolute atomic E-state index is 0.0995. The number of nitrogens with zero attached hydrogens (tertiary/aromatic N) is 4. The van der Waals surface area contributed by atoms with E-state index in [-0.39, 0.29) is 11.8 Å². The average Bonchev–Trinajstić information content (AvgIpc) is 3.51. The first-order valence-corrected chi connectivity index (χ1v) is 10.2. The van der Waals surface area contributed by atoms with Crippen LogP contribution in [0.3, 0.4) is 0 Å². The van der Waals surface area contributed by atoms with E-state index in [1.807, 2.05) is 53.4 Å². The fourth-order valence-electron chi connectivity index (χ4n) is 4.51. The minimum Gasteiger partial charge on any atom is -0.336 e. The number of amides is 2. The molecular formula is C23H23N5O2. The summed E-state index contributed by atoms with van der Waals surface area (Å²) in [4.78, 5) is 34.2. The van der Waals surface area contributed by atoms with Crippen LogP contribution in [0.5, 0.6) is 0 Å². The van der Waals surface area contributed by atoms with Crippen LogP contribution in [0, 0.1) is 5.41 Å². The predicted octanol–water partition coefficient (Wildman–Crippen LogP) is 2.74. The van der Waals surface area contributed by atoms with E-state index in [0.717, 1.165) is 23.4 Å². The minimum atomic E-state index is -0.466. The lowest BCUT2D eigenvalue weighted by Crippen LogP contribution is -2.38. The van der Waals surface area contributed by atoms with Crippen molar-refractivity contribution < 1.29 is 9.59 Å². The molecule has 1 unspecified atom stereocenters. The summed E-state index contributed by atoms with van der Waals surface area (Å²) in [6, 6.07) is 17.3. The maximum Gasteiger partial charge on any atom is 0.271 e. The molecule has 5 rings (SSSR count). The summed E-state index contributed by atoms with van der Waals surface area (Å²) in [7, 11) is 0. The number of carbonyl (C=O) groups is 2. The van der Waals surface area contributed by atoms with Gasteiger partial charge in [-0.3, -0.25) is 19.7 Å². The summed E-state index contributed by atoms with van der Waals surface area (Å²) >= 11 is 0. The Labute approximate surface area is 174 Å². The second kappa shape index (κ2) is 7.40. The highest BCUT2D eigenvalue weighted by Gasteiger charge is 2.51. The topological polar surface area (TPSA) is 82.2 Å². The molecule has 2 amide bonds. The van der Waals surface area contributed by atoms with Gasteiger partial charge < -0.3 is 9.80 Å². The summed E-state index contributed by atoms with van der Waals surface area (Å²) < 4.78 is 0. The Hall–Kier alpha value is -3.48. The maximum absolute atomic E-state index is 13.2. The number of carbonyl (C=O) groups excluding carboxylic acids is 2. The quantitative estimate of drug-likeness (QED) is 0.729. The first-order chi connectivity index (χ1) is 14.6. The molecule has 2 aliphatic heterocycles. The maximum atomic E-state index is 13.2. The molecule has 2 aliphatic rings. The molecule has 1 aromatic carbocycles. The Morgan fingerprint density at radius 1 is 1.07 bits per heavy atom. The molecule has 152 valence electrons. The number of pyridine rings is 1. The van der Waals surface area contributed by atoms with Crippen LogP contribution in [0.15, 0.2) is 60.8 Å². The highest BCUT2D eigenvalue weighted by molar-refractivity contribution is 5.95. The fraction of sp³-hybridized carbons (Fsp3) is 0.304. The van der Waals surface area contributed by atoms with Crippen molar-refractivity contribution >= 4 is 11.8 Å². The van der Waals surface area contributed by atoms with Gasteiger partial charge in [-0.25, -0.2) is 0 Å². The Morgan fingerprint density at radius 2 is 1.87 bits per heavy atom. The number of nitrogens with one attached hydrogen (secondary N) is 1. The van der Waals surface area contributed by atoms with Crippen molar-refractivity contribution in [3.8, 4) is 11.3 Å². The van der Waals surface area contributed by atoms with Gasteiger partial charge in [0.25, 0.3) is 5.91 Å². The normalized spacial score (nSPS) is 21.0. The lowest BCUT2D eigenvalue weighted by molar-refractivity contribution is -0.135. The summed E-state index contributed by atoms with van der Waals surface area (Å²) in [6.07, 6.45) is 3.23. The molecule has 7 heteroatoms. The molecule has 2 fully saturated rings. The summed E-state index contributed by atoms with van der Waals surface area (Å²) in [6.45, 7) is 2.28. The third-order valence-electron chi connectivity index (χ3n) is 6.20. The highest BCUT2D eigenvalue weighted by Crippen LogP contribution is 2.41. The van der Waals surface area contributed by atoms with Crippen molar-refractivity contribution in [2.75, 3.05) is 19.6 Å². The number of H-pyrrole nitrogens is 1. The van der Waals surface area contributed by atoms with Crippen LogP contribution in [0.1, 0.15) is 29.0 Å². The van der Waals surface area contributed by atoms with Gasteiger partial charge in [-0.1, -0.05) is 36.4 Å². The molecule has 2 saturated heterocycles. The van der Waals surface area contributed by atoms with E-state index in [9.17, 15) is 9.59 Å². The summed E-state index contributed by atoms with van der Waals surface area (Å²) in [5, 5.41) is 7.15. The van der Waals surface area contributed by atoms with Gasteiger partial charge in [-0.15, -0.1) is 0 Å². The molecule has 0 radical (unpaired) electrons. The number of rotatable bonds is 4. The number of aromatic amines is 1. The number of likely N-dealkylation sites (tertiary alicyclic amines) is 2. The molecule has 7 nitrogen and oxygen atoms in total. The van der Waals surface area contributed by atoms with Gasteiger partial charge >= 0.3 is 0 Å². The largest absolute Gasteiger partial charge is 0.336 e. The van der Waals surface area contributed by atoms with E-state index in [1.54, 1.807) is 17.2 Å². The molecule has 0 saturated carbocycles. The van der Waals surface area contributed by atoms with Gasteiger partial charge in [-0.05, 0) is 31.0 Å². The zero-order valence-corrected chi connectivity index (χ0v) is 16.6. The highest BCUT2D eigenvalue weighted by atomic mass is 16.2. The molecule has 30 heavy (non-hydrogen) atoms. The molecular weight excluding hydrogens is 378 g/mol. The average molecular weight is 401 g/mol. The lowest BCUT2D eigenvalue weighted by Gasteiger charge is -2.23. The van der Waals surface area contributed by atoms with Gasteiger partial charge in [0.05, 0.1) is 23.3 Å². The zero-order valence-electron chi connectivity index (χ0n) is 16.6. The molecule has 2 aromatic heterocycles. The van der Waals surface area contributed by atoms with Crippen molar-refractivity contribution in [1.82, 2.24) is 25.0 Å². The van der Waals surface area contributed by atoms with Crippen LogP contribution in [-0.4, -0.2) is 56.4 Å². The van der Waals surface area contributed by atoms with Crippen LogP contribution in [-0.2, 0) is 11.3 Å². The second-order valence-corrected chi connectivity index (χ2v) is 8.09. The van der Waals surface area contributed by atoms with Crippen LogP contribution in [0.2, 0.25) is 0 Å². The third kappa shape index (κ3) is 3.26. The predicted molar refractivity (Wildman–Crippen MR) is 111 cm³/mol. The van der Waals surface area contributed by atoms with E-state index in [4.69, 9.17) is 0 Å². The number of hydrogen-bond acceptors (Lipinski definition) is 4. The monoisotopic (exact) mass is 401 g/mol. The number of hydrogen-bond donors (Lipinski definition) is 1. The SMILES string of the molecule is O=C(c1cc(-c2ccccc2)n[nH]1)N1CCC2(CCN(Cc3ccccn3)C2=O)C1. The molecule has 0 bridgehead atoms. The van der Waals surface area contributed by atoms with Crippen LogP contribution >= 0.6 is 0 Å². The zero-order chi connectivity index (χ0) is 20.6. The van der Waals surface area contributed by atoms with Gasteiger partial charge in [-0.2, -0.15) is 5.10 Å². The Morgan fingerprint density at radius 3 is 2.67 bits per heavy atom. The molecule has 4 heterocycles. The van der Waals surface area contributed by atoms with Crippen molar-refractivity contribution in [1.29, 1.82) is 0 Å². The molecule has 3 aromatic rings. The molecule has 1 atom stereocenters. The van der Waals surface area contributed by atoms with E-state index < -0.39 is 5.41 Å². The van der Waals surface area contributed by atoms with E-state index >= 15 is 0 Å². The number of aromatic nitrogens is 3. The molecule has 1 N–H and O–H groups in total. The van der Waals surface area contributed by atoms with E-state index in [0.29, 0.717) is 38.3 Å². The first kappa shape index (κ1) is 18.5. The third-order valence-corrected chi connectivity index (χ3v) is 6.20. The molecule has 0 aliphatic carbocycles. The van der Waals surface area contributed by atoms with Crippen LogP contribution < -0.4 is 0 Å². The van der Waals surface area contributed by atoms with Crippen molar-refractivity contribution in [2.24, 2.45) is 5.41 Å². The standard InChI is InChI=1S/C23H23N5O2/c29-21(20-14-19(25-26-20)17-6-2-1-3-7-17)28-13-10-23(16-28)9-12-27(22(23)30)15-18-8-4-5-11-24-18/h1-8,11,14H,9-10,12-13,15-16H2,(H,25,26). The van der Waals surface area contributed by atoms with Crippen molar-refractivity contribution in [3.63, 3.8) is 0 Å². The second-order valence-electron chi connectivity index (χ2n) is 8.09. The number of benzene rings is 1. The van der Waals surface area contributed by atoms with Crippen molar-refractivity contribution in [3.05, 3.63) is 72.2 Å². The lowest BCUT2D eigenvalue weighted by atomic mass is 9.85. The summed E-state index contributed by atoms with van der Waals surface area (Å²) in [5.74, 6) is 0.0376. The first-order valence-electron chi connectivity index (χ1n) is 10.2. The van der Waals surface area contributed by atoms with Gasteiger partial charge in [0.2, 0.25) is 5.91 Å². The Balaban J connectivity index is 1.27.